The van der Waals surface area contributed by atoms with Gasteiger partial charge in [-0.3, -0.25) is 0 Å². The summed E-state index contributed by atoms with van der Waals surface area (Å²) in [6, 6.07) is 0. The maximum atomic E-state index is 12.8. The molecule has 1 fully saturated rings. The number of halogens is 4. The first-order chi connectivity index (χ1) is 9.43. The fourth-order valence-electron chi connectivity index (χ4n) is 2.32. The van der Waals surface area contributed by atoms with Crippen molar-refractivity contribution in [2.45, 2.75) is 49.7 Å². The van der Waals surface area contributed by atoms with Crippen LogP contribution >= 0.6 is 15.9 Å². The molecule has 0 N–H and O–H groups in total. The molecule has 1 aliphatic carbocycles. The van der Waals surface area contributed by atoms with Crippen LogP contribution in [0.4, 0.5) is 13.2 Å². The van der Waals surface area contributed by atoms with E-state index in [1.54, 1.807) is 0 Å². The SMILES string of the molecule is O=C(OC1CCCCC1)c1c(CBr)coc1C(F)(F)F. The van der Waals surface area contributed by atoms with Crippen molar-refractivity contribution in [2.24, 2.45) is 0 Å². The van der Waals surface area contributed by atoms with Gasteiger partial charge in [0.05, 0.1) is 6.26 Å². The van der Waals surface area contributed by atoms with Crippen molar-refractivity contribution in [3.05, 3.63) is 23.2 Å². The van der Waals surface area contributed by atoms with E-state index in [2.05, 4.69) is 20.3 Å². The molecule has 1 heterocycles. The van der Waals surface area contributed by atoms with Crippen LogP contribution in [0.25, 0.3) is 0 Å². The van der Waals surface area contributed by atoms with Gasteiger partial charge in [0.1, 0.15) is 11.7 Å². The first kappa shape index (κ1) is 15.4. The number of hydrogen-bond acceptors (Lipinski definition) is 3. The summed E-state index contributed by atoms with van der Waals surface area (Å²) in [6.07, 6.45) is 0.275. The summed E-state index contributed by atoms with van der Waals surface area (Å²) in [6.45, 7) is 0. The lowest BCUT2D eigenvalue weighted by molar-refractivity contribution is -0.153. The number of ether oxygens (including phenoxy) is 1. The number of hydrogen-bond donors (Lipinski definition) is 0. The molecule has 0 spiro atoms. The zero-order chi connectivity index (χ0) is 14.8. The van der Waals surface area contributed by atoms with Crippen molar-refractivity contribution in [1.82, 2.24) is 0 Å². The van der Waals surface area contributed by atoms with E-state index in [9.17, 15) is 18.0 Å². The second-order valence-corrected chi connectivity index (χ2v) is 5.32. The fourth-order valence-corrected chi connectivity index (χ4v) is 2.73. The quantitative estimate of drug-likeness (QED) is 0.584. The highest BCUT2D eigenvalue weighted by atomic mass is 79.9. The van der Waals surface area contributed by atoms with Crippen LogP contribution in [0.15, 0.2) is 10.7 Å². The van der Waals surface area contributed by atoms with Crippen molar-refractivity contribution < 1.29 is 27.1 Å². The Hall–Kier alpha value is -0.980. The molecule has 1 aromatic rings. The number of carbonyl (C=O) groups excluding carboxylic acids is 1. The molecule has 1 aromatic heterocycles. The Morgan fingerprint density at radius 2 is 2.00 bits per heavy atom. The van der Waals surface area contributed by atoms with Crippen molar-refractivity contribution in [3.8, 4) is 0 Å². The number of esters is 1. The van der Waals surface area contributed by atoms with Gasteiger partial charge < -0.3 is 9.15 Å². The molecule has 2 rings (SSSR count). The van der Waals surface area contributed by atoms with Gasteiger partial charge in [-0.15, -0.1) is 0 Å². The zero-order valence-electron chi connectivity index (χ0n) is 10.6. The largest absolute Gasteiger partial charge is 0.459 e. The first-order valence-corrected chi connectivity index (χ1v) is 7.50. The molecule has 1 saturated carbocycles. The van der Waals surface area contributed by atoms with Gasteiger partial charge in [0.2, 0.25) is 5.76 Å². The van der Waals surface area contributed by atoms with E-state index in [1.807, 2.05) is 0 Å². The average Bonchev–Trinajstić information content (AvgIpc) is 2.83. The lowest BCUT2D eigenvalue weighted by atomic mass is 9.98. The molecular weight excluding hydrogens is 341 g/mol. The summed E-state index contributed by atoms with van der Waals surface area (Å²) in [5.41, 5.74) is -0.363. The fraction of sp³-hybridized carbons (Fsp3) is 0.615. The van der Waals surface area contributed by atoms with Crippen molar-refractivity contribution in [1.29, 1.82) is 0 Å². The summed E-state index contributed by atoms with van der Waals surface area (Å²) in [5, 5.41) is 0.0989. The van der Waals surface area contributed by atoms with Crippen LogP contribution in [-0.2, 0) is 16.2 Å². The van der Waals surface area contributed by atoms with E-state index >= 15 is 0 Å². The van der Waals surface area contributed by atoms with E-state index in [4.69, 9.17) is 4.74 Å². The Kier molecular flexibility index (Phi) is 4.78. The molecule has 0 radical (unpaired) electrons. The highest BCUT2D eigenvalue weighted by Crippen LogP contribution is 2.36. The monoisotopic (exact) mass is 354 g/mol. The van der Waals surface area contributed by atoms with Crippen molar-refractivity contribution in [2.75, 3.05) is 0 Å². The van der Waals surface area contributed by atoms with E-state index in [1.165, 1.54) is 0 Å². The minimum Gasteiger partial charge on any atom is -0.459 e. The minimum atomic E-state index is -4.71. The molecule has 1 aliphatic rings. The van der Waals surface area contributed by atoms with E-state index in [-0.39, 0.29) is 17.0 Å². The molecule has 0 aromatic carbocycles. The summed E-state index contributed by atoms with van der Waals surface area (Å²) in [7, 11) is 0. The maximum absolute atomic E-state index is 12.8. The Morgan fingerprint density at radius 3 is 2.55 bits per heavy atom. The van der Waals surface area contributed by atoms with Gasteiger partial charge in [0.25, 0.3) is 0 Å². The summed E-state index contributed by atoms with van der Waals surface area (Å²) >= 11 is 3.05. The highest BCUT2D eigenvalue weighted by Gasteiger charge is 2.42. The average molecular weight is 355 g/mol. The summed E-state index contributed by atoms with van der Waals surface area (Å²) in [5.74, 6) is -2.24. The molecule has 0 atom stereocenters. The smallest absolute Gasteiger partial charge is 0.450 e. The van der Waals surface area contributed by atoms with Gasteiger partial charge in [0, 0.05) is 10.9 Å². The highest BCUT2D eigenvalue weighted by molar-refractivity contribution is 9.08. The molecule has 0 unspecified atom stereocenters. The van der Waals surface area contributed by atoms with Gasteiger partial charge in [0.15, 0.2) is 0 Å². The normalized spacial score (nSPS) is 17.2. The molecule has 7 heteroatoms. The van der Waals surface area contributed by atoms with Crippen LogP contribution < -0.4 is 0 Å². The minimum absolute atomic E-state index is 0.0989. The Bertz CT molecular complexity index is 476. The van der Waals surface area contributed by atoms with Crippen LogP contribution in [0, 0.1) is 0 Å². The van der Waals surface area contributed by atoms with Crippen molar-refractivity contribution >= 4 is 21.9 Å². The molecule has 0 amide bonds. The number of alkyl halides is 4. The van der Waals surface area contributed by atoms with Gasteiger partial charge >= 0.3 is 12.1 Å². The van der Waals surface area contributed by atoms with Crippen LogP contribution in [0.5, 0.6) is 0 Å². The van der Waals surface area contributed by atoms with E-state index < -0.39 is 23.5 Å². The topological polar surface area (TPSA) is 39.4 Å². The predicted octanol–water partition coefficient (Wildman–Crippen LogP) is 4.68. The second-order valence-electron chi connectivity index (χ2n) is 4.76. The van der Waals surface area contributed by atoms with E-state index in [0.29, 0.717) is 12.8 Å². The van der Waals surface area contributed by atoms with Crippen LogP contribution in [-0.4, -0.2) is 12.1 Å². The number of carbonyl (C=O) groups is 1. The third kappa shape index (κ3) is 3.37. The molecular formula is C13H14BrF3O3. The van der Waals surface area contributed by atoms with Gasteiger partial charge in [-0.25, -0.2) is 4.79 Å². The summed E-state index contributed by atoms with van der Waals surface area (Å²) in [4.78, 5) is 12.0. The molecule has 112 valence electrons. The first-order valence-electron chi connectivity index (χ1n) is 6.38. The predicted molar refractivity (Wildman–Crippen MR) is 68.6 cm³/mol. The summed E-state index contributed by atoms with van der Waals surface area (Å²) < 4.78 is 48.2. The van der Waals surface area contributed by atoms with E-state index in [0.717, 1.165) is 25.5 Å². The number of rotatable bonds is 3. The lowest BCUT2D eigenvalue weighted by Gasteiger charge is -2.22. The molecule has 20 heavy (non-hydrogen) atoms. The Balaban J connectivity index is 2.21. The van der Waals surface area contributed by atoms with Crippen LogP contribution in [0.3, 0.4) is 0 Å². The van der Waals surface area contributed by atoms with Crippen LogP contribution in [0.2, 0.25) is 0 Å². The molecule has 0 aliphatic heterocycles. The van der Waals surface area contributed by atoms with Crippen LogP contribution in [0.1, 0.15) is 53.8 Å². The second kappa shape index (κ2) is 6.20. The Labute approximate surface area is 122 Å². The molecule has 0 saturated heterocycles. The Morgan fingerprint density at radius 1 is 1.35 bits per heavy atom. The maximum Gasteiger partial charge on any atom is 0.450 e. The standard InChI is InChI=1S/C13H14BrF3O3/c14-6-8-7-19-11(13(15,16)17)10(8)12(18)20-9-4-2-1-3-5-9/h7,9H,1-6H2. The third-order valence-corrected chi connectivity index (χ3v) is 3.90. The molecule has 3 nitrogen and oxygen atoms in total. The zero-order valence-corrected chi connectivity index (χ0v) is 12.2. The third-order valence-electron chi connectivity index (χ3n) is 3.30. The molecule has 0 bridgehead atoms. The van der Waals surface area contributed by atoms with Gasteiger partial charge in [-0.05, 0) is 25.7 Å². The van der Waals surface area contributed by atoms with Crippen molar-refractivity contribution in [3.63, 3.8) is 0 Å². The lowest BCUT2D eigenvalue weighted by Crippen LogP contribution is -2.23. The van der Waals surface area contributed by atoms with Gasteiger partial charge in [-0.2, -0.15) is 13.2 Å². The van der Waals surface area contributed by atoms with Gasteiger partial charge in [-0.1, -0.05) is 22.4 Å². The number of furan rings is 1.